The monoisotopic (exact) mass is 317 g/mol. The molecule has 1 aliphatic rings. The lowest BCUT2D eigenvalue weighted by Crippen LogP contribution is -2.31. The number of hydrogen-bond donors (Lipinski definition) is 1. The van der Waals surface area contributed by atoms with Crippen molar-refractivity contribution in [3.8, 4) is 0 Å². The highest BCUT2D eigenvalue weighted by Gasteiger charge is 2.25. The molecule has 1 amide bonds. The van der Waals surface area contributed by atoms with Gasteiger partial charge in [0.1, 0.15) is 11.6 Å². The van der Waals surface area contributed by atoms with E-state index in [1.54, 1.807) is 6.20 Å². The zero-order valence-electron chi connectivity index (χ0n) is 12.5. The maximum absolute atomic E-state index is 13.5. The van der Waals surface area contributed by atoms with Gasteiger partial charge in [-0.05, 0) is 42.6 Å². The second kappa shape index (κ2) is 6.83. The van der Waals surface area contributed by atoms with Crippen LogP contribution in [0.15, 0.2) is 42.7 Å². The van der Waals surface area contributed by atoms with Gasteiger partial charge in [-0.15, -0.1) is 0 Å². The summed E-state index contributed by atoms with van der Waals surface area (Å²) in [7, 11) is 0. The van der Waals surface area contributed by atoms with E-state index in [1.807, 2.05) is 23.2 Å². The quantitative estimate of drug-likeness (QED) is 0.943. The van der Waals surface area contributed by atoms with Crippen molar-refractivity contribution in [3.05, 3.63) is 59.9 Å². The van der Waals surface area contributed by atoms with E-state index in [0.29, 0.717) is 5.92 Å². The van der Waals surface area contributed by atoms with Gasteiger partial charge < -0.3 is 5.32 Å². The SMILES string of the molecule is O=C(CN1CCC(c2cccnc2)C1)Nc1ccc(F)cc1F. The molecule has 1 N–H and O–H groups in total. The first-order chi connectivity index (χ1) is 11.1. The van der Waals surface area contributed by atoms with Crippen molar-refractivity contribution < 1.29 is 13.6 Å². The molecule has 0 bridgehead atoms. The van der Waals surface area contributed by atoms with Gasteiger partial charge in [-0.25, -0.2) is 8.78 Å². The van der Waals surface area contributed by atoms with Crippen molar-refractivity contribution in [2.24, 2.45) is 0 Å². The number of carbonyl (C=O) groups is 1. The fraction of sp³-hybridized carbons (Fsp3) is 0.294. The third-order valence-corrected chi connectivity index (χ3v) is 4.00. The Bertz CT molecular complexity index is 693. The summed E-state index contributed by atoms with van der Waals surface area (Å²) in [4.78, 5) is 18.2. The maximum atomic E-state index is 13.5. The van der Waals surface area contributed by atoms with Crippen LogP contribution in [0.1, 0.15) is 17.9 Å². The third-order valence-electron chi connectivity index (χ3n) is 4.00. The number of rotatable bonds is 4. The molecule has 1 aliphatic heterocycles. The molecule has 1 fully saturated rings. The average molecular weight is 317 g/mol. The summed E-state index contributed by atoms with van der Waals surface area (Å²) in [6.45, 7) is 1.76. The van der Waals surface area contributed by atoms with Gasteiger partial charge in [0, 0.05) is 25.0 Å². The van der Waals surface area contributed by atoms with Crippen LogP contribution in [0.3, 0.4) is 0 Å². The number of hydrogen-bond acceptors (Lipinski definition) is 3. The van der Waals surface area contributed by atoms with Gasteiger partial charge in [-0.2, -0.15) is 0 Å². The lowest BCUT2D eigenvalue weighted by molar-refractivity contribution is -0.117. The largest absolute Gasteiger partial charge is 0.322 e. The Morgan fingerprint density at radius 3 is 2.96 bits per heavy atom. The summed E-state index contributed by atoms with van der Waals surface area (Å²) in [6, 6.07) is 7.04. The lowest BCUT2D eigenvalue weighted by atomic mass is 10.0. The Hall–Kier alpha value is -2.34. The van der Waals surface area contributed by atoms with Crippen molar-refractivity contribution in [1.29, 1.82) is 0 Å². The van der Waals surface area contributed by atoms with Crippen LogP contribution >= 0.6 is 0 Å². The van der Waals surface area contributed by atoms with Gasteiger partial charge in [-0.3, -0.25) is 14.7 Å². The molecule has 23 heavy (non-hydrogen) atoms. The minimum Gasteiger partial charge on any atom is -0.322 e. The zero-order valence-corrected chi connectivity index (χ0v) is 12.5. The first kappa shape index (κ1) is 15.6. The standard InChI is InChI=1S/C17H17F2N3O/c18-14-3-4-16(15(19)8-14)21-17(23)11-22-7-5-13(10-22)12-2-1-6-20-9-12/h1-4,6,8-9,13H,5,7,10-11H2,(H,21,23). The fourth-order valence-electron chi connectivity index (χ4n) is 2.85. The van der Waals surface area contributed by atoms with E-state index in [0.717, 1.165) is 31.6 Å². The number of amides is 1. The molecular formula is C17H17F2N3O. The number of halogens is 2. The summed E-state index contributed by atoms with van der Waals surface area (Å²) in [6.07, 6.45) is 4.55. The summed E-state index contributed by atoms with van der Waals surface area (Å²) >= 11 is 0. The Balaban J connectivity index is 1.55. The third kappa shape index (κ3) is 3.90. The van der Waals surface area contributed by atoms with Crippen molar-refractivity contribution in [3.63, 3.8) is 0 Å². The smallest absolute Gasteiger partial charge is 0.238 e. The fourth-order valence-corrected chi connectivity index (χ4v) is 2.85. The molecule has 1 atom stereocenters. The molecule has 3 rings (SSSR count). The van der Waals surface area contributed by atoms with E-state index in [4.69, 9.17) is 0 Å². The van der Waals surface area contributed by atoms with E-state index in [2.05, 4.69) is 10.3 Å². The number of nitrogens with zero attached hydrogens (tertiary/aromatic N) is 2. The van der Waals surface area contributed by atoms with Crippen LogP contribution < -0.4 is 5.32 Å². The summed E-state index contributed by atoms with van der Waals surface area (Å²) in [5, 5.41) is 2.48. The molecule has 0 saturated carbocycles. The van der Waals surface area contributed by atoms with Crippen LogP contribution in [0, 0.1) is 11.6 Å². The van der Waals surface area contributed by atoms with Gasteiger partial charge in [0.15, 0.2) is 0 Å². The predicted molar refractivity (Wildman–Crippen MR) is 83.0 cm³/mol. The van der Waals surface area contributed by atoms with Crippen LogP contribution in [0.2, 0.25) is 0 Å². The van der Waals surface area contributed by atoms with Crippen molar-refractivity contribution in [1.82, 2.24) is 9.88 Å². The number of benzene rings is 1. The highest BCUT2D eigenvalue weighted by Crippen LogP contribution is 2.26. The molecule has 0 aliphatic carbocycles. The molecule has 6 heteroatoms. The molecule has 1 aromatic carbocycles. The van der Waals surface area contributed by atoms with Crippen LogP contribution in [0.4, 0.5) is 14.5 Å². The van der Waals surface area contributed by atoms with E-state index in [-0.39, 0.29) is 18.1 Å². The van der Waals surface area contributed by atoms with Gasteiger partial charge in [0.25, 0.3) is 0 Å². The minimum atomic E-state index is -0.770. The Kier molecular flexibility index (Phi) is 4.62. The molecule has 1 aromatic heterocycles. The van der Waals surface area contributed by atoms with E-state index in [1.165, 1.54) is 11.6 Å². The number of aromatic nitrogens is 1. The summed E-state index contributed by atoms with van der Waals surface area (Å²) in [5.74, 6) is -1.38. The molecule has 4 nitrogen and oxygen atoms in total. The normalized spacial score (nSPS) is 18.1. The van der Waals surface area contributed by atoms with Crippen molar-refractivity contribution >= 4 is 11.6 Å². The lowest BCUT2D eigenvalue weighted by Gasteiger charge is -2.16. The van der Waals surface area contributed by atoms with Crippen molar-refractivity contribution in [2.45, 2.75) is 12.3 Å². The molecule has 1 unspecified atom stereocenters. The summed E-state index contributed by atoms with van der Waals surface area (Å²) < 4.78 is 26.4. The van der Waals surface area contributed by atoms with E-state index >= 15 is 0 Å². The van der Waals surface area contributed by atoms with Gasteiger partial charge in [-0.1, -0.05) is 6.07 Å². The number of likely N-dealkylation sites (tertiary alicyclic amines) is 1. The average Bonchev–Trinajstić information content (AvgIpc) is 2.99. The van der Waals surface area contributed by atoms with Crippen LogP contribution in [-0.2, 0) is 4.79 Å². The predicted octanol–water partition coefficient (Wildman–Crippen LogP) is 2.79. The highest BCUT2D eigenvalue weighted by atomic mass is 19.1. The Morgan fingerprint density at radius 2 is 2.22 bits per heavy atom. The van der Waals surface area contributed by atoms with Crippen LogP contribution in [0.5, 0.6) is 0 Å². The second-order valence-corrected chi connectivity index (χ2v) is 5.68. The molecule has 0 spiro atoms. The molecule has 2 heterocycles. The molecule has 1 saturated heterocycles. The van der Waals surface area contributed by atoms with Gasteiger partial charge in [0.05, 0.1) is 12.2 Å². The number of carbonyl (C=O) groups excluding carboxylic acids is 1. The van der Waals surface area contributed by atoms with Crippen LogP contribution in [-0.4, -0.2) is 35.4 Å². The molecule has 2 aromatic rings. The molecule has 120 valence electrons. The van der Waals surface area contributed by atoms with Crippen molar-refractivity contribution in [2.75, 3.05) is 25.0 Å². The van der Waals surface area contributed by atoms with E-state index in [9.17, 15) is 13.6 Å². The Morgan fingerprint density at radius 1 is 1.35 bits per heavy atom. The molecular weight excluding hydrogens is 300 g/mol. The number of nitrogens with one attached hydrogen (secondary N) is 1. The zero-order chi connectivity index (χ0) is 16.2. The van der Waals surface area contributed by atoms with Gasteiger partial charge in [0.2, 0.25) is 5.91 Å². The first-order valence-electron chi connectivity index (χ1n) is 7.49. The minimum absolute atomic E-state index is 0.000550. The summed E-state index contributed by atoms with van der Waals surface area (Å²) in [5.41, 5.74) is 1.17. The van der Waals surface area contributed by atoms with Crippen LogP contribution in [0.25, 0.3) is 0 Å². The Labute approximate surface area is 133 Å². The van der Waals surface area contributed by atoms with E-state index < -0.39 is 11.6 Å². The number of anilines is 1. The highest BCUT2D eigenvalue weighted by molar-refractivity contribution is 5.92. The first-order valence-corrected chi connectivity index (χ1v) is 7.49. The van der Waals surface area contributed by atoms with Gasteiger partial charge >= 0.3 is 0 Å². The number of pyridine rings is 1. The topological polar surface area (TPSA) is 45.2 Å². The molecule has 0 radical (unpaired) electrons. The second-order valence-electron chi connectivity index (χ2n) is 5.68. The maximum Gasteiger partial charge on any atom is 0.238 e.